The molecule has 1 heterocycles. The van der Waals surface area contributed by atoms with Gasteiger partial charge in [-0.05, 0) is 0 Å². The van der Waals surface area contributed by atoms with Gasteiger partial charge in [0.1, 0.15) is 0 Å². The Hall–Kier alpha value is -1.07. The molecule has 0 spiro atoms. The smallest absolute Gasteiger partial charge is 0.296 e. The predicted octanol–water partition coefficient (Wildman–Crippen LogP) is 2.75. The molecule has 0 aliphatic rings. The van der Waals surface area contributed by atoms with Crippen molar-refractivity contribution in [1.29, 1.82) is 0 Å². The minimum Gasteiger partial charge on any atom is -0.296 e. The third-order valence-corrected chi connectivity index (χ3v) is 1.33. The molecule has 0 fully saturated rings. The van der Waals surface area contributed by atoms with Gasteiger partial charge in [-0.3, -0.25) is 4.98 Å². The van der Waals surface area contributed by atoms with Gasteiger partial charge in [0.05, 0.1) is 0 Å². The Morgan fingerprint density at radius 3 is 1.93 bits per heavy atom. The summed E-state index contributed by atoms with van der Waals surface area (Å²) in [4.78, 5) is 3.87. The molecular formula is C12H11NW. The second-order valence-corrected chi connectivity index (χ2v) is 2.40. The molecular weight excluding hydrogens is 342 g/mol. The first-order chi connectivity index (χ1) is 6.39. The fourth-order valence-electron chi connectivity index (χ4n) is 0.740. The summed E-state index contributed by atoms with van der Waals surface area (Å²) in [6, 6.07) is 18.1. The van der Waals surface area contributed by atoms with E-state index in [0.717, 1.165) is 5.69 Å². The van der Waals surface area contributed by atoms with Gasteiger partial charge < -0.3 is 0 Å². The van der Waals surface area contributed by atoms with Crippen molar-refractivity contribution in [2.75, 3.05) is 0 Å². The Labute approximate surface area is 99.5 Å². The SMILES string of the molecule is [CH2-]c1ccccn1.[W+2].[c-]1ccccc1. The maximum atomic E-state index is 3.87. The number of benzene rings is 1. The van der Waals surface area contributed by atoms with Crippen molar-refractivity contribution < 1.29 is 21.1 Å². The Morgan fingerprint density at radius 1 is 1.00 bits per heavy atom. The normalized spacial score (nSPS) is 7.71. The standard InChI is InChI=1S/C6H6N.C6H5.W/c1-6-4-2-3-5-7-6;1-2-4-6-5-3-1;/h2-5H,1H2;1-5H;/q2*-1;+2. The molecule has 70 valence electrons. The number of hydrogen-bond donors (Lipinski definition) is 0. The van der Waals surface area contributed by atoms with Crippen LogP contribution in [0.15, 0.2) is 54.7 Å². The van der Waals surface area contributed by atoms with Gasteiger partial charge >= 0.3 is 21.1 Å². The molecule has 0 N–H and O–H groups in total. The third kappa shape index (κ3) is 6.44. The second-order valence-electron chi connectivity index (χ2n) is 2.40. The maximum absolute atomic E-state index is 3.87. The van der Waals surface area contributed by atoms with Gasteiger partial charge in [-0.25, -0.2) is 6.92 Å². The van der Waals surface area contributed by atoms with E-state index < -0.39 is 0 Å². The Kier molecular flexibility index (Phi) is 7.87. The minimum atomic E-state index is 0. The number of rotatable bonds is 0. The molecule has 2 rings (SSSR count). The number of nitrogens with zero attached hydrogens (tertiary/aromatic N) is 1. The monoisotopic (exact) mass is 353 g/mol. The van der Waals surface area contributed by atoms with Crippen molar-refractivity contribution in [2.24, 2.45) is 0 Å². The first kappa shape index (κ1) is 12.9. The molecule has 1 nitrogen and oxygen atoms in total. The van der Waals surface area contributed by atoms with Crippen molar-refractivity contribution in [3.8, 4) is 0 Å². The van der Waals surface area contributed by atoms with Crippen molar-refractivity contribution in [1.82, 2.24) is 4.98 Å². The van der Waals surface area contributed by atoms with Crippen LogP contribution in [0.4, 0.5) is 0 Å². The van der Waals surface area contributed by atoms with E-state index in [1.165, 1.54) is 0 Å². The van der Waals surface area contributed by atoms with E-state index in [1.54, 1.807) is 6.20 Å². The number of hydrogen-bond acceptors (Lipinski definition) is 1. The molecule has 0 bridgehead atoms. The van der Waals surface area contributed by atoms with Crippen molar-refractivity contribution in [3.63, 3.8) is 0 Å². The molecule has 0 unspecified atom stereocenters. The van der Waals surface area contributed by atoms with Crippen LogP contribution in [0, 0.1) is 13.0 Å². The van der Waals surface area contributed by atoms with Gasteiger partial charge in [0.2, 0.25) is 0 Å². The average molecular weight is 353 g/mol. The van der Waals surface area contributed by atoms with Crippen LogP contribution < -0.4 is 0 Å². The maximum Gasteiger partial charge on any atom is 2.00 e. The second kappa shape index (κ2) is 8.52. The summed E-state index contributed by atoms with van der Waals surface area (Å²) >= 11 is 0. The molecule has 0 aliphatic heterocycles. The van der Waals surface area contributed by atoms with Crippen molar-refractivity contribution >= 4 is 0 Å². The van der Waals surface area contributed by atoms with Crippen molar-refractivity contribution in [3.05, 3.63) is 73.4 Å². The van der Waals surface area contributed by atoms with Crippen LogP contribution in [-0.4, -0.2) is 4.98 Å². The molecule has 0 amide bonds. The quantitative estimate of drug-likeness (QED) is 0.664. The fraction of sp³-hybridized carbons (Fsp3) is 0. The minimum absolute atomic E-state index is 0. The average Bonchev–Trinajstić information content (AvgIpc) is 2.22. The van der Waals surface area contributed by atoms with E-state index in [1.807, 2.05) is 48.5 Å². The summed E-state index contributed by atoms with van der Waals surface area (Å²) < 4.78 is 0. The van der Waals surface area contributed by atoms with Crippen LogP contribution in [0.25, 0.3) is 0 Å². The van der Waals surface area contributed by atoms with Crippen LogP contribution >= 0.6 is 0 Å². The first-order valence-corrected chi connectivity index (χ1v) is 4.03. The molecule has 0 atom stereocenters. The fourth-order valence-corrected chi connectivity index (χ4v) is 0.740. The Bertz CT molecular complexity index is 281. The Morgan fingerprint density at radius 2 is 1.71 bits per heavy atom. The van der Waals surface area contributed by atoms with Crippen LogP contribution in [-0.2, 0) is 21.1 Å². The summed E-state index contributed by atoms with van der Waals surface area (Å²) in [7, 11) is 0. The van der Waals surface area contributed by atoms with Gasteiger partial charge in [0.15, 0.2) is 0 Å². The molecule has 2 aromatic rings. The molecule has 0 radical (unpaired) electrons. The summed E-state index contributed by atoms with van der Waals surface area (Å²) in [5.41, 5.74) is 0.822. The zero-order chi connectivity index (χ0) is 9.36. The number of pyridine rings is 1. The van der Waals surface area contributed by atoms with E-state index >= 15 is 0 Å². The summed E-state index contributed by atoms with van der Waals surface area (Å²) in [5, 5.41) is 0. The molecule has 0 saturated heterocycles. The third-order valence-electron chi connectivity index (χ3n) is 1.33. The van der Waals surface area contributed by atoms with Gasteiger partial charge in [-0.1, -0.05) is 6.07 Å². The van der Waals surface area contributed by atoms with E-state index in [2.05, 4.69) is 18.0 Å². The molecule has 1 aromatic carbocycles. The molecule has 1 aromatic heterocycles. The van der Waals surface area contributed by atoms with Crippen LogP contribution in [0.5, 0.6) is 0 Å². The van der Waals surface area contributed by atoms with E-state index in [0.29, 0.717) is 0 Å². The van der Waals surface area contributed by atoms with Gasteiger partial charge in [0.25, 0.3) is 0 Å². The first-order valence-electron chi connectivity index (χ1n) is 4.03. The van der Waals surface area contributed by atoms with E-state index in [4.69, 9.17) is 0 Å². The summed E-state index contributed by atoms with van der Waals surface area (Å²) in [6.07, 6.45) is 1.72. The van der Waals surface area contributed by atoms with E-state index in [-0.39, 0.29) is 21.1 Å². The van der Waals surface area contributed by atoms with E-state index in [9.17, 15) is 0 Å². The predicted molar refractivity (Wildman–Crippen MR) is 54.0 cm³/mol. The van der Waals surface area contributed by atoms with Crippen molar-refractivity contribution in [2.45, 2.75) is 0 Å². The molecule has 14 heavy (non-hydrogen) atoms. The topological polar surface area (TPSA) is 12.9 Å². The zero-order valence-electron chi connectivity index (χ0n) is 7.76. The van der Waals surface area contributed by atoms with Crippen LogP contribution in [0.1, 0.15) is 5.69 Å². The van der Waals surface area contributed by atoms with Gasteiger partial charge in [0, 0.05) is 6.20 Å². The number of aromatic nitrogens is 1. The Balaban J connectivity index is 0.000000227. The molecule has 0 aliphatic carbocycles. The van der Waals surface area contributed by atoms with Crippen LogP contribution in [0.3, 0.4) is 0 Å². The largest absolute Gasteiger partial charge is 2.00 e. The van der Waals surface area contributed by atoms with Gasteiger partial charge in [-0.2, -0.15) is 42.5 Å². The zero-order valence-corrected chi connectivity index (χ0v) is 10.7. The molecule has 2 heteroatoms. The summed E-state index contributed by atoms with van der Waals surface area (Å²) in [5.74, 6) is 0. The summed E-state index contributed by atoms with van der Waals surface area (Å²) in [6.45, 7) is 3.61. The van der Waals surface area contributed by atoms with Gasteiger partial charge in [-0.15, -0.1) is 11.8 Å². The molecule has 0 saturated carbocycles. The van der Waals surface area contributed by atoms with Crippen LogP contribution in [0.2, 0.25) is 0 Å².